The Morgan fingerprint density at radius 2 is 1.90 bits per heavy atom. The molecule has 3 rings (SSSR count). The SMILES string of the molecule is O=c1oc2cc(OCc3ccccc3)ccc2c(O)c1Br. The molecule has 4 nitrogen and oxygen atoms in total. The first-order valence-electron chi connectivity index (χ1n) is 6.27. The molecule has 1 N–H and O–H groups in total. The molecule has 0 aliphatic rings. The molecule has 1 aromatic heterocycles. The van der Waals surface area contributed by atoms with Crippen LogP contribution >= 0.6 is 15.9 Å². The molecule has 0 radical (unpaired) electrons. The fourth-order valence-electron chi connectivity index (χ4n) is 1.97. The summed E-state index contributed by atoms with van der Waals surface area (Å²) in [6.07, 6.45) is 0. The van der Waals surface area contributed by atoms with Gasteiger partial charge in [-0.15, -0.1) is 0 Å². The molecule has 21 heavy (non-hydrogen) atoms. The van der Waals surface area contributed by atoms with Gasteiger partial charge >= 0.3 is 5.63 Å². The van der Waals surface area contributed by atoms with Gasteiger partial charge < -0.3 is 14.3 Å². The first-order chi connectivity index (χ1) is 10.1. The van der Waals surface area contributed by atoms with Gasteiger partial charge in [-0.05, 0) is 33.6 Å². The van der Waals surface area contributed by atoms with Gasteiger partial charge in [-0.3, -0.25) is 0 Å². The maximum atomic E-state index is 11.5. The maximum Gasteiger partial charge on any atom is 0.354 e. The van der Waals surface area contributed by atoms with Crippen molar-refractivity contribution in [3.63, 3.8) is 0 Å². The molecule has 3 aromatic rings. The lowest BCUT2D eigenvalue weighted by Gasteiger charge is -2.07. The largest absolute Gasteiger partial charge is 0.506 e. The standard InChI is InChI=1S/C16H11BrO4/c17-14-15(18)12-7-6-11(8-13(12)21-16(14)19)20-9-10-4-2-1-3-5-10/h1-8,18H,9H2. The van der Waals surface area contributed by atoms with Crippen LogP contribution in [0.5, 0.6) is 11.5 Å². The highest BCUT2D eigenvalue weighted by molar-refractivity contribution is 9.10. The number of hydrogen-bond donors (Lipinski definition) is 1. The predicted molar refractivity (Wildman–Crippen MR) is 82.6 cm³/mol. The molecule has 0 unspecified atom stereocenters. The van der Waals surface area contributed by atoms with E-state index < -0.39 is 5.63 Å². The monoisotopic (exact) mass is 346 g/mol. The fraction of sp³-hybridized carbons (Fsp3) is 0.0625. The minimum atomic E-state index is -0.625. The second-order valence-corrected chi connectivity index (χ2v) is 5.28. The average Bonchev–Trinajstić information content (AvgIpc) is 2.51. The van der Waals surface area contributed by atoms with Gasteiger partial charge in [0.05, 0.1) is 5.39 Å². The van der Waals surface area contributed by atoms with Crippen LogP contribution in [-0.2, 0) is 6.61 Å². The highest BCUT2D eigenvalue weighted by Crippen LogP contribution is 2.31. The molecule has 0 saturated heterocycles. The second-order valence-electron chi connectivity index (χ2n) is 4.48. The molecule has 0 atom stereocenters. The molecular weight excluding hydrogens is 336 g/mol. The highest BCUT2D eigenvalue weighted by Gasteiger charge is 2.12. The van der Waals surface area contributed by atoms with E-state index >= 15 is 0 Å². The first kappa shape index (κ1) is 13.7. The molecule has 0 aliphatic heterocycles. The van der Waals surface area contributed by atoms with Crippen molar-refractivity contribution in [3.05, 3.63) is 69.0 Å². The van der Waals surface area contributed by atoms with Gasteiger partial charge in [0, 0.05) is 6.07 Å². The van der Waals surface area contributed by atoms with Gasteiger partial charge in [0.1, 0.15) is 28.2 Å². The number of rotatable bonds is 3. The number of aromatic hydroxyl groups is 1. The molecule has 1 heterocycles. The van der Waals surface area contributed by atoms with E-state index in [1.165, 1.54) is 0 Å². The van der Waals surface area contributed by atoms with Crippen molar-refractivity contribution in [3.8, 4) is 11.5 Å². The zero-order valence-corrected chi connectivity index (χ0v) is 12.5. The van der Waals surface area contributed by atoms with Crippen molar-refractivity contribution < 1.29 is 14.3 Å². The maximum absolute atomic E-state index is 11.5. The first-order valence-corrected chi connectivity index (χ1v) is 7.06. The van der Waals surface area contributed by atoms with Crippen LogP contribution in [0.2, 0.25) is 0 Å². The number of ether oxygens (including phenoxy) is 1. The zero-order chi connectivity index (χ0) is 14.8. The summed E-state index contributed by atoms with van der Waals surface area (Å²) < 4.78 is 10.8. The van der Waals surface area contributed by atoms with Crippen LogP contribution in [0.15, 0.2) is 62.2 Å². The van der Waals surface area contributed by atoms with Gasteiger partial charge in [0.15, 0.2) is 0 Å². The Hall–Kier alpha value is -2.27. The lowest BCUT2D eigenvalue weighted by atomic mass is 10.2. The molecule has 106 valence electrons. The Kier molecular flexibility index (Phi) is 3.66. The smallest absolute Gasteiger partial charge is 0.354 e. The predicted octanol–water partition coefficient (Wildman–Crippen LogP) is 3.84. The lowest BCUT2D eigenvalue weighted by Crippen LogP contribution is -2.00. The van der Waals surface area contributed by atoms with Crippen LogP contribution in [0.1, 0.15) is 5.56 Å². The second kappa shape index (κ2) is 5.61. The quantitative estimate of drug-likeness (QED) is 0.732. The third-order valence-corrected chi connectivity index (χ3v) is 3.75. The Morgan fingerprint density at radius 3 is 2.67 bits per heavy atom. The van der Waals surface area contributed by atoms with E-state index in [2.05, 4.69) is 15.9 Å². The van der Waals surface area contributed by atoms with Crippen LogP contribution in [0.25, 0.3) is 11.0 Å². The number of hydrogen-bond acceptors (Lipinski definition) is 4. The van der Waals surface area contributed by atoms with Gasteiger partial charge in [-0.2, -0.15) is 0 Å². The molecule has 0 amide bonds. The highest BCUT2D eigenvalue weighted by atomic mass is 79.9. The summed E-state index contributed by atoms with van der Waals surface area (Å²) in [4.78, 5) is 11.5. The van der Waals surface area contributed by atoms with Crippen molar-refractivity contribution in [1.29, 1.82) is 0 Å². The van der Waals surface area contributed by atoms with E-state index in [-0.39, 0.29) is 15.8 Å². The molecule has 2 aromatic carbocycles. The fourth-order valence-corrected chi connectivity index (χ4v) is 2.27. The van der Waals surface area contributed by atoms with Crippen molar-refractivity contribution in [1.82, 2.24) is 0 Å². The van der Waals surface area contributed by atoms with Crippen molar-refractivity contribution in [2.24, 2.45) is 0 Å². The summed E-state index contributed by atoms with van der Waals surface area (Å²) in [5.41, 5.74) is 0.698. The van der Waals surface area contributed by atoms with Crippen LogP contribution in [0.4, 0.5) is 0 Å². The minimum absolute atomic E-state index is 0.0213. The average molecular weight is 347 g/mol. The van der Waals surface area contributed by atoms with Crippen molar-refractivity contribution >= 4 is 26.9 Å². The Balaban J connectivity index is 1.91. The molecular formula is C16H11BrO4. The van der Waals surface area contributed by atoms with Gasteiger partial charge in [0.25, 0.3) is 0 Å². The summed E-state index contributed by atoms with van der Waals surface area (Å²) in [5.74, 6) is 0.437. The molecule has 0 aliphatic carbocycles. The zero-order valence-electron chi connectivity index (χ0n) is 10.9. The third kappa shape index (κ3) is 2.78. The van der Waals surface area contributed by atoms with Gasteiger partial charge in [-0.25, -0.2) is 4.79 Å². The number of fused-ring (bicyclic) bond motifs is 1. The molecule has 0 fully saturated rings. The van der Waals surface area contributed by atoms with Gasteiger partial charge in [0.2, 0.25) is 0 Å². The van der Waals surface area contributed by atoms with E-state index in [4.69, 9.17) is 9.15 Å². The van der Waals surface area contributed by atoms with E-state index in [1.807, 2.05) is 30.3 Å². The molecule has 5 heteroatoms. The lowest BCUT2D eigenvalue weighted by molar-refractivity contribution is 0.306. The summed E-state index contributed by atoms with van der Waals surface area (Å²) >= 11 is 2.99. The van der Waals surface area contributed by atoms with E-state index in [9.17, 15) is 9.90 Å². The topological polar surface area (TPSA) is 59.7 Å². The Labute approximate surface area is 128 Å². The van der Waals surface area contributed by atoms with Crippen molar-refractivity contribution in [2.75, 3.05) is 0 Å². The summed E-state index contributed by atoms with van der Waals surface area (Å²) in [6.45, 7) is 0.416. The van der Waals surface area contributed by atoms with Gasteiger partial charge in [-0.1, -0.05) is 30.3 Å². The van der Waals surface area contributed by atoms with Crippen LogP contribution in [0, 0.1) is 0 Å². The van der Waals surface area contributed by atoms with E-state index in [0.29, 0.717) is 17.7 Å². The minimum Gasteiger partial charge on any atom is -0.506 e. The molecule has 0 bridgehead atoms. The van der Waals surface area contributed by atoms with E-state index in [1.54, 1.807) is 18.2 Å². The number of benzene rings is 2. The third-order valence-electron chi connectivity index (χ3n) is 3.05. The van der Waals surface area contributed by atoms with Crippen molar-refractivity contribution in [2.45, 2.75) is 6.61 Å². The number of halogens is 1. The van der Waals surface area contributed by atoms with Crippen LogP contribution in [-0.4, -0.2) is 5.11 Å². The summed E-state index contributed by atoms with van der Waals surface area (Å²) in [7, 11) is 0. The van der Waals surface area contributed by atoms with Crippen LogP contribution in [0.3, 0.4) is 0 Å². The normalized spacial score (nSPS) is 10.7. The van der Waals surface area contributed by atoms with E-state index in [0.717, 1.165) is 5.56 Å². The summed E-state index contributed by atoms with van der Waals surface area (Å²) in [5, 5.41) is 10.3. The Bertz CT molecular complexity index is 840. The van der Waals surface area contributed by atoms with Crippen LogP contribution < -0.4 is 10.4 Å². The summed E-state index contributed by atoms with van der Waals surface area (Å²) in [6, 6.07) is 14.7. The molecule has 0 spiro atoms. The Morgan fingerprint density at radius 1 is 1.14 bits per heavy atom. The molecule has 0 saturated carbocycles.